The van der Waals surface area contributed by atoms with Crippen molar-refractivity contribution in [1.29, 1.82) is 0 Å². The van der Waals surface area contributed by atoms with E-state index in [2.05, 4.69) is 10.5 Å². The summed E-state index contributed by atoms with van der Waals surface area (Å²) in [6, 6.07) is 12.1. The third kappa shape index (κ3) is 6.56. The van der Waals surface area contributed by atoms with Crippen LogP contribution in [0.1, 0.15) is 31.2 Å². The number of carbonyl (C=O) groups excluding carboxylic acids is 1. The average Bonchev–Trinajstić information content (AvgIpc) is 2.74. The van der Waals surface area contributed by atoms with E-state index in [-0.39, 0.29) is 5.84 Å². The van der Waals surface area contributed by atoms with Gasteiger partial charge < -0.3 is 35.2 Å². The second-order valence-electron chi connectivity index (χ2n) is 6.17. The minimum absolute atomic E-state index is 0.00340. The Bertz CT molecular complexity index is 854. The molecule has 9 nitrogen and oxygen atoms in total. The zero-order valence-electron chi connectivity index (χ0n) is 17.3. The Kier molecular flexibility index (Phi) is 8.76. The van der Waals surface area contributed by atoms with Crippen LogP contribution in [-0.4, -0.2) is 43.9 Å². The number of oxime groups is 1. The molecule has 0 radical (unpaired) electrons. The fourth-order valence-electron chi connectivity index (χ4n) is 2.64. The van der Waals surface area contributed by atoms with Crippen molar-refractivity contribution in [3.8, 4) is 11.5 Å². The maximum absolute atomic E-state index is 11.8. The van der Waals surface area contributed by atoms with E-state index in [0.29, 0.717) is 48.1 Å². The second kappa shape index (κ2) is 11.5. The first kappa shape index (κ1) is 22.8. The molecule has 0 aliphatic heterocycles. The number of anilines is 1. The smallest absolute Gasteiger partial charge is 0.304 e. The molecule has 0 saturated carbocycles. The van der Waals surface area contributed by atoms with Gasteiger partial charge in [0.1, 0.15) is 18.1 Å². The molecule has 162 valence electrons. The molecule has 0 fully saturated rings. The molecular formula is C21H27N3O6. The summed E-state index contributed by atoms with van der Waals surface area (Å²) in [7, 11) is 1.59. The van der Waals surface area contributed by atoms with Gasteiger partial charge >= 0.3 is 5.97 Å². The van der Waals surface area contributed by atoms with Crippen molar-refractivity contribution in [2.24, 2.45) is 10.9 Å². The number of methoxy groups -OCH3 is 1. The molecule has 1 unspecified atom stereocenters. The number of esters is 1. The molecule has 0 amide bonds. The second-order valence-corrected chi connectivity index (χ2v) is 6.17. The summed E-state index contributed by atoms with van der Waals surface area (Å²) >= 11 is 0. The van der Waals surface area contributed by atoms with E-state index >= 15 is 0 Å². The Morgan fingerprint density at radius 3 is 2.50 bits per heavy atom. The van der Waals surface area contributed by atoms with Crippen LogP contribution in [0.2, 0.25) is 0 Å². The van der Waals surface area contributed by atoms with Gasteiger partial charge in [-0.15, -0.1) is 0 Å². The topological polar surface area (TPSA) is 125 Å². The molecule has 1 atom stereocenters. The lowest BCUT2D eigenvalue weighted by Gasteiger charge is -2.23. The number of carbonyl (C=O) groups is 1. The van der Waals surface area contributed by atoms with E-state index in [4.69, 9.17) is 29.9 Å². The fraction of sp³-hybridized carbons (Fsp3) is 0.333. The van der Waals surface area contributed by atoms with Crippen LogP contribution in [0.5, 0.6) is 11.5 Å². The van der Waals surface area contributed by atoms with Crippen molar-refractivity contribution >= 4 is 17.5 Å². The first-order chi connectivity index (χ1) is 14.5. The van der Waals surface area contributed by atoms with Crippen LogP contribution in [0.25, 0.3) is 0 Å². The van der Waals surface area contributed by atoms with Crippen molar-refractivity contribution in [3.05, 3.63) is 53.6 Å². The van der Waals surface area contributed by atoms with Crippen LogP contribution >= 0.6 is 0 Å². The van der Waals surface area contributed by atoms with Crippen LogP contribution in [0.4, 0.5) is 5.69 Å². The van der Waals surface area contributed by atoms with Crippen LogP contribution in [0.3, 0.4) is 0 Å². The summed E-state index contributed by atoms with van der Waals surface area (Å²) < 4.78 is 21.9. The number of hydrogen-bond donors (Lipinski definition) is 3. The van der Waals surface area contributed by atoms with E-state index in [1.54, 1.807) is 49.6 Å². The van der Waals surface area contributed by atoms with Crippen molar-refractivity contribution in [3.63, 3.8) is 0 Å². The van der Waals surface area contributed by atoms with Crippen molar-refractivity contribution < 1.29 is 28.9 Å². The summed E-state index contributed by atoms with van der Waals surface area (Å²) in [5.41, 5.74) is 7.39. The first-order valence-electron chi connectivity index (χ1n) is 9.38. The van der Waals surface area contributed by atoms with E-state index in [1.165, 1.54) is 6.92 Å². The van der Waals surface area contributed by atoms with Crippen LogP contribution in [0, 0.1) is 0 Å². The fourth-order valence-corrected chi connectivity index (χ4v) is 2.64. The quantitative estimate of drug-likeness (QED) is 0.0969. The molecule has 0 saturated heterocycles. The predicted molar refractivity (Wildman–Crippen MR) is 112 cm³/mol. The SMILES string of the molecule is CCOc1ccc(OCCOC)c(C(Nc2ccc(C(N)=NO)cc2)OC(C)=O)c1. The molecule has 0 aromatic heterocycles. The Labute approximate surface area is 175 Å². The lowest BCUT2D eigenvalue weighted by atomic mass is 10.1. The molecule has 4 N–H and O–H groups in total. The zero-order chi connectivity index (χ0) is 21.9. The van der Waals surface area contributed by atoms with Gasteiger partial charge in [0.25, 0.3) is 0 Å². The van der Waals surface area contributed by atoms with E-state index in [1.807, 2.05) is 6.92 Å². The molecule has 2 aromatic carbocycles. The minimum Gasteiger partial charge on any atom is -0.494 e. The number of amidine groups is 1. The molecule has 2 aromatic rings. The predicted octanol–water partition coefficient (Wildman–Crippen LogP) is 2.88. The summed E-state index contributed by atoms with van der Waals surface area (Å²) in [5, 5.41) is 14.9. The maximum Gasteiger partial charge on any atom is 0.304 e. The highest BCUT2D eigenvalue weighted by atomic mass is 16.6. The standard InChI is InChI=1S/C21H27N3O6/c1-4-28-17-9-10-19(29-12-11-27-3)18(13-17)21(30-14(2)25)23-16-7-5-15(6-8-16)20(22)24-26/h5-10,13,21,23,26H,4,11-12H2,1-3H3,(H2,22,24). The summed E-state index contributed by atoms with van der Waals surface area (Å²) in [6.07, 6.45) is -0.838. The number of ether oxygens (including phenoxy) is 4. The van der Waals surface area contributed by atoms with Crippen molar-refractivity contribution in [1.82, 2.24) is 0 Å². The number of nitrogens with two attached hydrogens (primary N) is 1. The van der Waals surface area contributed by atoms with Crippen LogP contribution < -0.4 is 20.5 Å². The van der Waals surface area contributed by atoms with Gasteiger partial charge in [-0.3, -0.25) is 4.79 Å². The molecule has 0 aliphatic rings. The van der Waals surface area contributed by atoms with Crippen LogP contribution in [0.15, 0.2) is 47.6 Å². The highest BCUT2D eigenvalue weighted by Gasteiger charge is 2.21. The van der Waals surface area contributed by atoms with Crippen molar-refractivity contribution in [2.45, 2.75) is 20.1 Å². The largest absolute Gasteiger partial charge is 0.494 e. The molecule has 9 heteroatoms. The molecule has 0 spiro atoms. The van der Waals surface area contributed by atoms with Gasteiger partial charge in [0.2, 0.25) is 6.23 Å². The summed E-state index contributed by atoms with van der Waals surface area (Å²) in [6.45, 7) is 4.44. The molecule has 2 rings (SSSR count). The van der Waals surface area contributed by atoms with Gasteiger partial charge in [-0.2, -0.15) is 0 Å². The van der Waals surface area contributed by atoms with Gasteiger partial charge in [-0.05, 0) is 49.4 Å². The van der Waals surface area contributed by atoms with Gasteiger partial charge in [0, 0.05) is 25.3 Å². The number of rotatable bonds is 11. The molecule has 30 heavy (non-hydrogen) atoms. The zero-order valence-corrected chi connectivity index (χ0v) is 17.3. The van der Waals surface area contributed by atoms with E-state index in [9.17, 15) is 4.79 Å². The molecule has 0 bridgehead atoms. The number of hydrogen-bond acceptors (Lipinski definition) is 8. The average molecular weight is 417 g/mol. The Morgan fingerprint density at radius 1 is 1.17 bits per heavy atom. The summed E-state index contributed by atoms with van der Waals surface area (Å²) in [5.74, 6) is 0.678. The Balaban J connectivity index is 2.36. The van der Waals surface area contributed by atoms with Gasteiger partial charge in [0.05, 0.1) is 18.8 Å². The Morgan fingerprint density at radius 2 is 1.90 bits per heavy atom. The maximum atomic E-state index is 11.8. The van der Waals surface area contributed by atoms with Gasteiger partial charge in [-0.25, -0.2) is 0 Å². The Hall–Kier alpha value is -3.46. The first-order valence-corrected chi connectivity index (χ1v) is 9.38. The molecular weight excluding hydrogens is 390 g/mol. The van der Waals surface area contributed by atoms with Gasteiger partial charge in [-0.1, -0.05) is 5.16 Å². The van der Waals surface area contributed by atoms with E-state index < -0.39 is 12.2 Å². The number of nitrogens with one attached hydrogen (secondary N) is 1. The van der Waals surface area contributed by atoms with E-state index in [0.717, 1.165) is 0 Å². The number of nitrogens with zero attached hydrogens (tertiary/aromatic N) is 1. The third-order valence-electron chi connectivity index (χ3n) is 3.99. The summed E-state index contributed by atoms with van der Waals surface area (Å²) in [4.78, 5) is 11.8. The number of benzene rings is 2. The monoisotopic (exact) mass is 417 g/mol. The lowest BCUT2D eigenvalue weighted by Crippen LogP contribution is -2.19. The van der Waals surface area contributed by atoms with Crippen molar-refractivity contribution in [2.75, 3.05) is 32.2 Å². The lowest BCUT2D eigenvalue weighted by molar-refractivity contribution is -0.145. The normalized spacial score (nSPS) is 12.2. The minimum atomic E-state index is -0.838. The molecule has 0 aliphatic carbocycles. The van der Waals surface area contributed by atoms with Gasteiger partial charge in [0.15, 0.2) is 5.84 Å². The highest BCUT2D eigenvalue weighted by molar-refractivity contribution is 5.97. The highest BCUT2D eigenvalue weighted by Crippen LogP contribution is 2.33. The third-order valence-corrected chi connectivity index (χ3v) is 3.99. The molecule has 0 heterocycles. The van der Waals surface area contributed by atoms with Crippen LogP contribution in [-0.2, 0) is 14.3 Å².